The van der Waals surface area contributed by atoms with Crippen molar-refractivity contribution < 1.29 is 25.0 Å². The van der Waals surface area contributed by atoms with Crippen LogP contribution in [0.15, 0.2) is 54.6 Å². The van der Waals surface area contributed by atoms with Gasteiger partial charge in [0, 0.05) is 30.0 Å². The quantitative estimate of drug-likeness (QED) is 0.371. The van der Waals surface area contributed by atoms with Crippen molar-refractivity contribution in [2.75, 3.05) is 31.5 Å². The molecule has 0 radical (unpaired) electrons. The largest absolute Gasteiger partial charge is 0.347 e. The molecule has 2 aromatic rings. The van der Waals surface area contributed by atoms with Gasteiger partial charge in [-0.25, -0.2) is 0 Å². The molecule has 4 rings (SSSR count). The third-order valence-corrected chi connectivity index (χ3v) is 8.00. The second-order valence-corrected chi connectivity index (χ2v) is 10.8. The van der Waals surface area contributed by atoms with Crippen LogP contribution in [0.3, 0.4) is 0 Å². The van der Waals surface area contributed by atoms with E-state index in [1.807, 2.05) is 35.2 Å². The summed E-state index contributed by atoms with van der Waals surface area (Å²) in [6.07, 6.45) is 5.24. The zero-order valence-electron chi connectivity index (χ0n) is 22.6. The Morgan fingerprint density at radius 1 is 0.974 bits per heavy atom. The van der Waals surface area contributed by atoms with E-state index in [1.54, 1.807) is 6.92 Å². The van der Waals surface area contributed by atoms with E-state index in [-0.39, 0.29) is 23.8 Å². The maximum absolute atomic E-state index is 13.5. The lowest BCUT2D eigenvalue weighted by Gasteiger charge is -2.34. The molecule has 2 aliphatic rings. The lowest BCUT2D eigenvalue weighted by molar-refractivity contribution is -0.917. The summed E-state index contributed by atoms with van der Waals surface area (Å²) in [5.41, 5.74) is 7.07. The number of benzene rings is 2. The molecule has 3 amide bonds. The fourth-order valence-corrected chi connectivity index (χ4v) is 5.59. The van der Waals surface area contributed by atoms with Crippen LogP contribution in [0.5, 0.6) is 0 Å². The average Bonchev–Trinajstić information content (AvgIpc) is 3.49. The monoisotopic (exact) mass is 521 g/mol. The minimum absolute atomic E-state index is 0.0283. The zero-order valence-corrected chi connectivity index (χ0v) is 22.6. The number of piperazine rings is 1. The minimum Gasteiger partial charge on any atom is -0.347 e. The van der Waals surface area contributed by atoms with Crippen LogP contribution in [0, 0.1) is 5.92 Å². The van der Waals surface area contributed by atoms with Crippen molar-refractivity contribution in [3.05, 3.63) is 65.7 Å². The summed E-state index contributed by atoms with van der Waals surface area (Å²) in [6, 6.07) is 17.2. The average molecular weight is 522 g/mol. The van der Waals surface area contributed by atoms with Gasteiger partial charge in [-0.05, 0) is 30.5 Å². The summed E-state index contributed by atoms with van der Waals surface area (Å²) in [6.45, 7) is 5.88. The summed E-state index contributed by atoms with van der Waals surface area (Å²) in [5.74, 6) is 0.167. The topological polar surface area (TPSA) is 111 Å². The smallest absolute Gasteiger partial charge is 0.282 e. The molecule has 1 heterocycles. The first-order chi connectivity index (χ1) is 18.4. The van der Waals surface area contributed by atoms with Gasteiger partial charge in [0.05, 0.1) is 26.2 Å². The molecule has 2 fully saturated rings. The highest BCUT2D eigenvalue weighted by molar-refractivity contribution is 5.94. The van der Waals surface area contributed by atoms with Crippen LogP contribution in [0.25, 0.3) is 0 Å². The van der Waals surface area contributed by atoms with Crippen molar-refractivity contribution in [2.24, 2.45) is 5.92 Å². The first-order valence-electron chi connectivity index (χ1n) is 14.1. The highest BCUT2D eigenvalue weighted by Gasteiger charge is 2.31. The molecule has 0 bridgehead atoms. The first-order valence-corrected chi connectivity index (χ1v) is 14.1. The Balaban J connectivity index is 1.33. The fraction of sp³-hybridized carbons (Fsp3) is 0.500. The first kappa shape index (κ1) is 27.8. The molecule has 38 heavy (non-hydrogen) atoms. The lowest BCUT2D eigenvalue weighted by atomic mass is 9.98. The number of anilines is 1. The molecule has 1 saturated carbocycles. The van der Waals surface area contributed by atoms with Gasteiger partial charge in [-0.15, -0.1) is 0 Å². The molecule has 0 unspecified atom stereocenters. The molecule has 8 nitrogen and oxygen atoms in total. The molecule has 1 saturated heterocycles. The molecule has 1 aliphatic heterocycles. The Morgan fingerprint density at radius 3 is 2.26 bits per heavy atom. The van der Waals surface area contributed by atoms with Crippen LogP contribution >= 0.6 is 0 Å². The molecule has 2 aromatic carbocycles. The molecule has 0 aromatic heterocycles. The number of nitrogens with zero attached hydrogens (tertiary/aromatic N) is 1. The maximum Gasteiger partial charge on any atom is 0.282 e. The number of rotatable bonds is 10. The normalized spacial score (nSPS) is 18.1. The number of carbonyl (C=O) groups excluding carboxylic acids is 3. The summed E-state index contributed by atoms with van der Waals surface area (Å²) >= 11 is 0. The van der Waals surface area contributed by atoms with Crippen molar-refractivity contribution in [3.63, 3.8) is 0 Å². The molecular formula is C30H43N5O3+2. The molecule has 2 atom stereocenters. The fourth-order valence-electron chi connectivity index (χ4n) is 5.59. The van der Waals surface area contributed by atoms with Crippen molar-refractivity contribution in [2.45, 2.75) is 64.1 Å². The minimum atomic E-state index is -0.606. The summed E-state index contributed by atoms with van der Waals surface area (Å²) in [4.78, 5) is 41.7. The Bertz CT molecular complexity index is 1060. The molecule has 1 aliphatic carbocycles. The van der Waals surface area contributed by atoms with Crippen LogP contribution in [0.2, 0.25) is 0 Å². The van der Waals surface area contributed by atoms with Gasteiger partial charge in [0.25, 0.3) is 5.91 Å². The Kier molecular flexibility index (Phi) is 9.90. The molecule has 6 N–H and O–H groups in total. The van der Waals surface area contributed by atoms with Gasteiger partial charge in [-0.1, -0.05) is 62.2 Å². The van der Waals surface area contributed by atoms with Crippen LogP contribution in [0.1, 0.15) is 50.2 Å². The predicted octanol–water partition coefficient (Wildman–Crippen LogP) is 0.790. The zero-order chi connectivity index (χ0) is 26.9. The molecule has 8 heteroatoms. The third-order valence-electron chi connectivity index (χ3n) is 8.00. The SMILES string of the molecule is CCC(=O)N[C@H](Cc1ccc(NC(=O)[C@@H]([NH3+])C2CCCC2)cc1)C(=O)N1CC[NH+](Cc2ccccc2)CC1. The van der Waals surface area contributed by atoms with Crippen molar-refractivity contribution in [3.8, 4) is 0 Å². The van der Waals surface area contributed by atoms with E-state index in [4.69, 9.17) is 0 Å². The van der Waals surface area contributed by atoms with E-state index in [0.717, 1.165) is 43.7 Å². The third kappa shape index (κ3) is 7.65. The molecular weight excluding hydrogens is 478 g/mol. The Hall–Kier alpha value is -3.23. The van der Waals surface area contributed by atoms with Gasteiger partial charge < -0.3 is 26.2 Å². The van der Waals surface area contributed by atoms with Crippen molar-refractivity contribution in [1.29, 1.82) is 0 Å². The number of nitrogens with one attached hydrogen (secondary N) is 3. The highest BCUT2D eigenvalue weighted by Crippen LogP contribution is 2.26. The number of hydrogen-bond donors (Lipinski definition) is 4. The summed E-state index contributed by atoms with van der Waals surface area (Å²) < 4.78 is 0. The Labute approximate surface area is 225 Å². The predicted molar refractivity (Wildman–Crippen MR) is 147 cm³/mol. The van der Waals surface area contributed by atoms with Crippen LogP contribution in [0.4, 0.5) is 5.69 Å². The number of quaternary nitrogens is 2. The van der Waals surface area contributed by atoms with Gasteiger partial charge >= 0.3 is 0 Å². The van der Waals surface area contributed by atoms with Gasteiger partial charge in [-0.3, -0.25) is 14.4 Å². The van der Waals surface area contributed by atoms with Gasteiger partial charge in [0.2, 0.25) is 11.8 Å². The standard InChI is InChI=1S/C30H41N5O3/c1-2-27(36)33-26(30(38)35-18-16-34(17-19-35)21-23-8-4-3-5-9-23)20-22-12-14-25(15-13-22)32-29(37)28(31)24-10-6-7-11-24/h3-5,8-9,12-15,24,26,28H,2,6-7,10-11,16-21,31H2,1H3,(H,32,37)(H,33,36)/p+2/t26-,28+/m1/s1. The maximum atomic E-state index is 13.5. The summed E-state index contributed by atoms with van der Waals surface area (Å²) in [5, 5.41) is 5.93. The number of hydrogen-bond acceptors (Lipinski definition) is 3. The van der Waals surface area contributed by atoms with Crippen LogP contribution in [-0.4, -0.2) is 60.9 Å². The second-order valence-electron chi connectivity index (χ2n) is 10.8. The van der Waals surface area contributed by atoms with E-state index in [0.29, 0.717) is 31.8 Å². The summed E-state index contributed by atoms with van der Waals surface area (Å²) in [7, 11) is 0. The number of carbonyl (C=O) groups is 3. The van der Waals surface area contributed by atoms with E-state index in [1.165, 1.54) is 23.3 Å². The van der Waals surface area contributed by atoms with Crippen molar-refractivity contribution >= 4 is 23.4 Å². The van der Waals surface area contributed by atoms with Crippen molar-refractivity contribution in [1.82, 2.24) is 10.2 Å². The van der Waals surface area contributed by atoms with Gasteiger partial charge in [0.1, 0.15) is 12.6 Å². The molecule has 0 spiro atoms. The second kappa shape index (κ2) is 13.5. The van der Waals surface area contributed by atoms with Gasteiger partial charge in [0.15, 0.2) is 6.04 Å². The lowest BCUT2D eigenvalue weighted by Crippen LogP contribution is -3.13. The van der Waals surface area contributed by atoms with E-state index >= 15 is 0 Å². The highest BCUT2D eigenvalue weighted by atomic mass is 16.2. The van der Waals surface area contributed by atoms with Gasteiger partial charge in [-0.2, -0.15) is 0 Å². The number of amides is 3. The van der Waals surface area contributed by atoms with Crippen LogP contribution < -0.4 is 21.3 Å². The van der Waals surface area contributed by atoms with Crippen LogP contribution in [-0.2, 0) is 27.3 Å². The molecule has 204 valence electrons. The van der Waals surface area contributed by atoms with E-state index < -0.39 is 6.04 Å². The Morgan fingerprint density at radius 2 is 1.63 bits per heavy atom. The van der Waals surface area contributed by atoms with E-state index in [9.17, 15) is 14.4 Å². The van der Waals surface area contributed by atoms with E-state index in [2.05, 4.69) is 40.6 Å².